The molecule has 3 aromatic rings. The zero-order chi connectivity index (χ0) is 20.4. The maximum absolute atomic E-state index is 12.9. The number of rotatable bonds is 4. The fraction of sp³-hybridized carbons (Fsp3) is 0.158. The van der Waals surface area contributed by atoms with Gasteiger partial charge >= 0.3 is 5.97 Å². The van der Waals surface area contributed by atoms with Crippen LogP contribution in [0.1, 0.15) is 25.2 Å². The number of halogens is 3. The van der Waals surface area contributed by atoms with Gasteiger partial charge in [-0.2, -0.15) is 9.78 Å². The molecule has 1 aromatic heterocycles. The van der Waals surface area contributed by atoms with Gasteiger partial charge in [0.15, 0.2) is 5.75 Å². The van der Waals surface area contributed by atoms with Crippen LogP contribution in [-0.4, -0.2) is 21.8 Å². The Morgan fingerprint density at radius 3 is 2.71 bits per heavy atom. The number of carbonyl (C=O) groups excluding carboxylic acids is 1. The maximum atomic E-state index is 12.9. The van der Waals surface area contributed by atoms with Gasteiger partial charge in [0.2, 0.25) is 0 Å². The minimum Gasteiger partial charge on any atom is -0.424 e. The summed E-state index contributed by atoms with van der Waals surface area (Å²) in [5.41, 5.74) is 0.977. The smallest absolute Gasteiger partial charge is 0.308 e. The van der Waals surface area contributed by atoms with Crippen LogP contribution in [0.2, 0.25) is 5.02 Å². The molecular weight excluding hydrogens is 513 g/mol. The van der Waals surface area contributed by atoms with Gasteiger partial charge in [-0.25, -0.2) is 4.98 Å². The molecule has 2 aromatic carbocycles. The zero-order valence-corrected chi connectivity index (χ0v) is 18.8. The van der Waals surface area contributed by atoms with Crippen molar-refractivity contribution in [1.82, 2.24) is 9.66 Å². The molecule has 0 aliphatic rings. The van der Waals surface area contributed by atoms with Gasteiger partial charge in [0, 0.05) is 17.8 Å². The van der Waals surface area contributed by atoms with Crippen molar-refractivity contribution in [3.63, 3.8) is 0 Å². The van der Waals surface area contributed by atoms with E-state index < -0.39 is 5.97 Å². The van der Waals surface area contributed by atoms with E-state index in [0.29, 0.717) is 33.2 Å². The molecule has 0 bridgehead atoms. The Labute approximate surface area is 182 Å². The summed E-state index contributed by atoms with van der Waals surface area (Å²) >= 11 is 12.9. The second kappa shape index (κ2) is 8.55. The Kier molecular flexibility index (Phi) is 6.32. The van der Waals surface area contributed by atoms with E-state index in [0.717, 1.165) is 4.47 Å². The predicted octanol–water partition coefficient (Wildman–Crippen LogP) is 4.94. The van der Waals surface area contributed by atoms with Gasteiger partial charge in [0.25, 0.3) is 5.56 Å². The monoisotopic (exact) mass is 525 g/mol. The van der Waals surface area contributed by atoms with Crippen molar-refractivity contribution >= 4 is 66.5 Å². The molecule has 0 radical (unpaired) electrons. The molecule has 0 atom stereocenters. The Morgan fingerprint density at radius 2 is 2.07 bits per heavy atom. The third-order valence-corrected chi connectivity index (χ3v) is 5.14. The number of fused-ring (bicyclic) bond motifs is 1. The van der Waals surface area contributed by atoms with E-state index in [2.05, 4.69) is 41.9 Å². The summed E-state index contributed by atoms with van der Waals surface area (Å²) in [5.74, 6) is 0.296. The van der Waals surface area contributed by atoms with Crippen molar-refractivity contribution < 1.29 is 9.53 Å². The van der Waals surface area contributed by atoms with Crippen LogP contribution < -0.4 is 10.3 Å². The third-order valence-electron chi connectivity index (χ3n) is 3.78. The number of carbonyl (C=O) groups is 1. The van der Waals surface area contributed by atoms with Crippen molar-refractivity contribution in [3.8, 4) is 5.75 Å². The van der Waals surface area contributed by atoms with Crippen molar-refractivity contribution in [3.05, 3.63) is 66.0 Å². The molecule has 0 unspecified atom stereocenters. The van der Waals surface area contributed by atoms with Crippen molar-refractivity contribution in [2.75, 3.05) is 0 Å². The summed E-state index contributed by atoms with van der Waals surface area (Å²) in [6, 6.07) is 8.63. The molecule has 6 nitrogen and oxygen atoms in total. The molecule has 0 aliphatic carbocycles. The lowest BCUT2D eigenvalue weighted by Gasteiger charge is -2.09. The van der Waals surface area contributed by atoms with Crippen LogP contribution >= 0.6 is 43.5 Å². The maximum Gasteiger partial charge on any atom is 0.308 e. The zero-order valence-electron chi connectivity index (χ0n) is 14.9. The summed E-state index contributed by atoms with van der Waals surface area (Å²) < 4.78 is 7.64. The van der Waals surface area contributed by atoms with E-state index in [1.54, 1.807) is 24.3 Å². The largest absolute Gasteiger partial charge is 0.424 e. The summed E-state index contributed by atoms with van der Waals surface area (Å²) in [5, 5.41) is 5.02. The molecule has 0 saturated heterocycles. The molecule has 0 amide bonds. The molecule has 28 heavy (non-hydrogen) atoms. The SMILES string of the molecule is CCc1nc2ccc(Br)cc2c(=O)n1N=Cc1cc(Cl)c(OC(C)=O)c(Br)c1. The number of nitrogens with zero attached hydrogens (tertiary/aromatic N) is 3. The average molecular weight is 528 g/mol. The number of aryl methyl sites for hydroxylation is 1. The first kappa shape index (κ1) is 20.7. The molecule has 0 fully saturated rings. The molecule has 0 N–H and O–H groups in total. The van der Waals surface area contributed by atoms with Crippen LogP contribution in [0, 0.1) is 0 Å². The minimum absolute atomic E-state index is 0.231. The summed E-state index contributed by atoms with van der Waals surface area (Å²) in [4.78, 5) is 28.6. The molecule has 0 aliphatic heterocycles. The van der Waals surface area contributed by atoms with Crippen LogP contribution in [0.5, 0.6) is 5.75 Å². The first-order valence-corrected chi connectivity index (χ1v) is 10.2. The minimum atomic E-state index is -0.475. The lowest BCUT2D eigenvalue weighted by molar-refractivity contribution is -0.131. The lowest BCUT2D eigenvalue weighted by Crippen LogP contribution is -2.22. The fourth-order valence-electron chi connectivity index (χ4n) is 2.56. The Morgan fingerprint density at radius 1 is 1.32 bits per heavy atom. The summed E-state index contributed by atoms with van der Waals surface area (Å²) in [6.07, 6.45) is 2.04. The molecule has 0 saturated carbocycles. The Bertz CT molecular complexity index is 1150. The predicted molar refractivity (Wildman–Crippen MR) is 117 cm³/mol. The second-order valence-electron chi connectivity index (χ2n) is 5.81. The van der Waals surface area contributed by atoms with Crippen LogP contribution in [-0.2, 0) is 11.2 Å². The number of esters is 1. The highest BCUT2D eigenvalue weighted by atomic mass is 79.9. The normalized spacial score (nSPS) is 11.3. The first-order valence-electron chi connectivity index (χ1n) is 8.23. The standard InChI is InChI=1S/C19H14Br2ClN3O3/c1-3-17-24-16-5-4-12(20)8-13(16)19(27)25(17)23-9-11-6-14(21)18(15(22)7-11)28-10(2)26/h4-9H,3H2,1-2H3. The van der Waals surface area contributed by atoms with Crippen LogP contribution in [0.4, 0.5) is 0 Å². The van der Waals surface area contributed by atoms with Gasteiger partial charge in [-0.05, 0) is 51.8 Å². The van der Waals surface area contributed by atoms with Crippen LogP contribution in [0.15, 0.2) is 49.2 Å². The highest BCUT2D eigenvalue weighted by Gasteiger charge is 2.12. The van der Waals surface area contributed by atoms with Gasteiger partial charge < -0.3 is 4.74 Å². The highest BCUT2D eigenvalue weighted by Crippen LogP contribution is 2.34. The number of aromatic nitrogens is 2. The topological polar surface area (TPSA) is 73.6 Å². The van der Waals surface area contributed by atoms with Gasteiger partial charge in [0.05, 0.1) is 26.6 Å². The quantitative estimate of drug-likeness (QED) is 0.274. The average Bonchev–Trinajstić information content (AvgIpc) is 2.64. The summed E-state index contributed by atoms with van der Waals surface area (Å²) in [7, 11) is 0. The van der Waals surface area contributed by atoms with Crippen LogP contribution in [0.25, 0.3) is 10.9 Å². The number of hydrogen-bond donors (Lipinski definition) is 0. The highest BCUT2D eigenvalue weighted by molar-refractivity contribution is 9.10. The van der Waals surface area contributed by atoms with E-state index >= 15 is 0 Å². The fourth-order valence-corrected chi connectivity index (χ4v) is 3.86. The van der Waals surface area contributed by atoms with Gasteiger partial charge in [-0.1, -0.05) is 34.5 Å². The van der Waals surface area contributed by atoms with E-state index in [9.17, 15) is 9.59 Å². The second-order valence-corrected chi connectivity index (χ2v) is 7.99. The molecular formula is C19H14Br2ClN3O3. The molecule has 3 rings (SSSR count). The third kappa shape index (κ3) is 4.34. The van der Waals surface area contributed by atoms with Crippen molar-refractivity contribution in [1.29, 1.82) is 0 Å². The molecule has 0 spiro atoms. The van der Waals surface area contributed by atoms with Gasteiger partial charge in [-0.15, -0.1) is 0 Å². The van der Waals surface area contributed by atoms with E-state index in [1.165, 1.54) is 17.8 Å². The Hall–Kier alpha value is -2.03. The lowest BCUT2D eigenvalue weighted by atomic mass is 10.2. The molecule has 9 heteroatoms. The van der Waals surface area contributed by atoms with E-state index in [1.807, 2.05) is 13.0 Å². The molecule has 144 valence electrons. The Balaban J connectivity index is 2.07. The van der Waals surface area contributed by atoms with E-state index in [4.69, 9.17) is 16.3 Å². The summed E-state index contributed by atoms with van der Waals surface area (Å²) in [6.45, 7) is 3.20. The number of ether oxygens (including phenoxy) is 1. The van der Waals surface area contributed by atoms with Crippen molar-refractivity contribution in [2.45, 2.75) is 20.3 Å². The first-order chi connectivity index (χ1) is 13.3. The van der Waals surface area contributed by atoms with Crippen molar-refractivity contribution in [2.24, 2.45) is 5.10 Å². The number of hydrogen-bond acceptors (Lipinski definition) is 5. The van der Waals surface area contributed by atoms with Crippen LogP contribution in [0.3, 0.4) is 0 Å². The molecule has 1 heterocycles. The van der Waals surface area contributed by atoms with E-state index in [-0.39, 0.29) is 16.3 Å². The number of benzene rings is 2. The van der Waals surface area contributed by atoms with Gasteiger partial charge in [-0.3, -0.25) is 9.59 Å². The van der Waals surface area contributed by atoms with Gasteiger partial charge in [0.1, 0.15) is 5.82 Å².